The smallest absolute Gasteiger partial charge is 0.0732 e. The molecule has 1 aromatic heterocycles. The summed E-state index contributed by atoms with van der Waals surface area (Å²) in [5.41, 5.74) is 1.21. The molecule has 2 heterocycles. The van der Waals surface area contributed by atoms with Gasteiger partial charge in [-0.15, -0.1) is 0 Å². The lowest BCUT2D eigenvalue weighted by molar-refractivity contribution is 0.0785. The fourth-order valence-electron chi connectivity index (χ4n) is 3.60. The van der Waals surface area contributed by atoms with Crippen LogP contribution in [0.2, 0.25) is 0 Å². The van der Waals surface area contributed by atoms with Gasteiger partial charge < -0.3 is 10.1 Å². The molecular formula is C16H27N3O. The molecule has 3 rings (SSSR count). The largest absolute Gasteiger partial charge is 0.377 e. The van der Waals surface area contributed by atoms with E-state index in [1.165, 1.54) is 44.2 Å². The first-order valence-corrected chi connectivity index (χ1v) is 8.26. The third-order valence-electron chi connectivity index (χ3n) is 4.67. The molecule has 0 bridgehead atoms. The third kappa shape index (κ3) is 3.23. The quantitative estimate of drug-likeness (QED) is 0.869. The van der Waals surface area contributed by atoms with Gasteiger partial charge in [0.25, 0.3) is 0 Å². The molecule has 0 radical (unpaired) electrons. The molecule has 4 nitrogen and oxygen atoms in total. The summed E-state index contributed by atoms with van der Waals surface area (Å²) in [5.74, 6) is 0. The summed E-state index contributed by atoms with van der Waals surface area (Å²) in [5, 5.41) is 8.38. The van der Waals surface area contributed by atoms with Crippen LogP contribution in [-0.4, -0.2) is 35.1 Å². The van der Waals surface area contributed by atoms with Gasteiger partial charge in [-0.1, -0.05) is 19.8 Å². The van der Waals surface area contributed by atoms with Gasteiger partial charge in [-0.05, 0) is 38.3 Å². The van der Waals surface area contributed by atoms with E-state index in [9.17, 15) is 0 Å². The Hall–Kier alpha value is -0.870. The highest BCUT2D eigenvalue weighted by atomic mass is 16.5. The van der Waals surface area contributed by atoms with Crippen LogP contribution in [0.4, 0.5) is 0 Å². The first-order valence-electron chi connectivity index (χ1n) is 8.26. The minimum absolute atomic E-state index is 0.367. The van der Waals surface area contributed by atoms with Crippen LogP contribution in [-0.2, 0) is 11.2 Å². The predicted molar refractivity (Wildman–Crippen MR) is 79.9 cm³/mol. The normalized spacial score (nSPS) is 25.4. The number of ether oxygens (including phenoxy) is 1. The van der Waals surface area contributed by atoms with Crippen LogP contribution in [0.5, 0.6) is 0 Å². The van der Waals surface area contributed by atoms with Crippen LogP contribution < -0.4 is 5.32 Å². The fourth-order valence-corrected chi connectivity index (χ4v) is 3.60. The molecule has 1 aromatic rings. The van der Waals surface area contributed by atoms with E-state index < -0.39 is 0 Å². The van der Waals surface area contributed by atoms with Gasteiger partial charge >= 0.3 is 0 Å². The lowest BCUT2D eigenvalue weighted by Crippen LogP contribution is -2.41. The molecule has 4 heteroatoms. The molecule has 2 atom stereocenters. The summed E-state index contributed by atoms with van der Waals surface area (Å²) >= 11 is 0. The van der Waals surface area contributed by atoms with E-state index in [4.69, 9.17) is 9.84 Å². The molecule has 0 amide bonds. The Morgan fingerprint density at radius 2 is 2.20 bits per heavy atom. The summed E-state index contributed by atoms with van der Waals surface area (Å²) in [7, 11) is 0. The summed E-state index contributed by atoms with van der Waals surface area (Å²) in [6, 6.07) is 3.25. The van der Waals surface area contributed by atoms with Crippen LogP contribution in [0.1, 0.15) is 57.2 Å². The van der Waals surface area contributed by atoms with Crippen LogP contribution in [0.3, 0.4) is 0 Å². The number of rotatable bonds is 6. The molecule has 20 heavy (non-hydrogen) atoms. The first-order chi connectivity index (χ1) is 9.86. The van der Waals surface area contributed by atoms with Crippen molar-refractivity contribution in [2.45, 2.75) is 70.1 Å². The van der Waals surface area contributed by atoms with Crippen molar-refractivity contribution in [2.75, 3.05) is 13.2 Å². The number of nitrogens with one attached hydrogen (secondary N) is 1. The molecule has 1 aliphatic heterocycles. The second-order valence-corrected chi connectivity index (χ2v) is 6.15. The Kier molecular flexibility index (Phi) is 4.73. The lowest BCUT2D eigenvalue weighted by Gasteiger charge is -2.23. The van der Waals surface area contributed by atoms with Crippen molar-refractivity contribution in [3.05, 3.63) is 18.0 Å². The lowest BCUT2D eigenvalue weighted by atomic mass is 10.0. The number of likely N-dealkylation sites (N-methyl/N-ethyl adjacent to an activating group) is 1. The van der Waals surface area contributed by atoms with Gasteiger partial charge in [0.05, 0.1) is 17.8 Å². The molecule has 2 unspecified atom stereocenters. The van der Waals surface area contributed by atoms with E-state index in [0.717, 1.165) is 19.6 Å². The molecule has 1 saturated heterocycles. The highest BCUT2D eigenvalue weighted by molar-refractivity contribution is 5.04. The van der Waals surface area contributed by atoms with Gasteiger partial charge in [0, 0.05) is 25.3 Å². The highest BCUT2D eigenvalue weighted by Gasteiger charge is 2.26. The Balaban J connectivity index is 1.62. The van der Waals surface area contributed by atoms with Crippen molar-refractivity contribution in [1.29, 1.82) is 0 Å². The second-order valence-electron chi connectivity index (χ2n) is 6.15. The van der Waals surface area contributed by atoms with Gasteiger partial charge in [0.1, 0.15) is 0 Å². The molecule has 0 spiro atoms. The molecule has 2 aliphatic rings. The number of nitrogens with zero attached hydrogens (tertiary/aromatic N) is 2. The van der Waals surface area contributed by atoms with E-state index in [1.807, 2.05) is 0 Å². The summed E-state index contributed by atoms with van der Waals surface area (Å²) in [6.45, 7) is 4.08. The zero-order valence-corrected chi connectivity index (χ0v) is 12.6. The van der Waals surface area contributed by atoms with Crippen LogP contribution in [0.15, 0.2) is 12.3 Å². The monoisotopic (exact) mass is 277 g/mol. The number of hydrogen-bond acceptors (Lipinski definition) is 3. The maximum Gasteiger partial charge on any atom is 0.0732 e. The summed E-state index contributed by atoms with van der Waals surface area (Å²) < 4.78 is 8.04. The van der Waals surface area contributed by atoms with Crippen molar-refractivity contribution < 1.29 is 4.74 Å². The van der Waals surface area contributed by atoms with Crippen LogP contribution in [0, 0.1) is 0 Å². The van der Waals surface area contributed by atoms with Crippen molar-refractivity contribution in [2.24, 2.45) is 0 Å². The SMILES string of the molecule is CCNC(Cc1ccn(C2CCCC2)n1)C1CCCO1. The number of aromatic nitrogens is 2. The van der Waals surface area contributed by atoms with Crippen molar-refractivity contribution in [3.8, 4) is 0 Å². The topological polar surface area (TPSA) is 39.1 Å². The van der Waals surface area contributed by atoms with Gasteiger partial charge in [-0.3, -0.25) is 4.68 Å². The maximum absolute atomic E-state index is 5.85. The minimum Gasteiger partial charge on any atom is -0.377 e. The van der Waals surface area contributed by atoms with Gasteiger partial charge in [0.15, 0.2) is 0 Å². The van der Waals surface area contributed by atoms with E-state index >= 15 is 0 Å². The molecule has 1 N–H and O–H groups in total. The molecule has 1 saturated carbocycles. The highest BCUT2D eigenvalue weighted by Crippen LogP contribution is 2.29. The minimum atomic E-state index is 0.367. The van der Waals surface area contributed by atoms with Gasteiger partial charge in [-0.25, -0.2) is 0 Å². The van der Waals surface area contributed by atoms with Crippen LogP contribution in [0.25, 0.3) is 0 Å². The summed E-state index contributed by atoms with van der Waals surface area (Å²) in [6.07, 6.45) is 11.2. The maximum atomic E-state index is 5.85. The predicted octanol–water partition coefficient (Wildman–Crippen LogP) is 2.70. The summed E-state index contributed by atoms with van der Waals surface area (Å²) in [4.78, 5) is 0. The number of hydrogen-bond donors (Lipinski definition) is 1. The zero-order valence-electron chi connectivity index (χ0n) is 12.6. The average molecular weight is 277 g/mol. The van der Waals surface area contributed by atoms with Crippen molar-refractivity contribution in [3.63, 3.8) is 0 Å². The fraction of sp³-hybridized carbons (Fsp3) is 0.812. The third-order valence-corrected chi connectivity index (χ3v) is 4.67. The van der Waals surface area contributed by atoms with Gasteiger partial charge in [-0.2, -0.15) is 5.10 Å². The van der Waals surface area contributed by atoms with E-state index in [0.29, 0.717) is 18.2 Å². The second kappa shape index (κ2) is 6.72. The van der Waals surface area contributed by atoms with E-state index in [1.54, 1.807) is 0 Å². The van der Waals surface area contributed by atoms with E-state index in [-0.39, 0.29) is 0 Å². The van der Waals surface area contributed by atoms with Crippen LogP contribution >= 0.6 is 0 Å². The Bertz CT molecular complexity index is 406. The molecular weight excluding hydrogens is 250 g/mol. The standard InChI is InChI=1S/C16H27N3O/c1-2-17-15(16-8-5-11-20-16)12-13-9-10-19(18-13)14-6-3-4-7-14/h9-10,14-17H,2-8,11-12H2,1H3. The Labute approximate surface area is 121 Å². The average Bonchev–Trinajstić information content (AvgIpc) is 3.20. The Morgan fingerprint density at radius 1 is 1.35 bits per heavy atom. The first kappa shape index (κ1) is 14.1. The van der Waals surface area contributed by atoms with Gasteiger partial charge in [0.2, 0.25) is 0 Å². The molecule has 112 valence electrons. The van der Waals surface area contributed by atoms with Crippen molar-refractivity contribution in [1.82, 2.24) is 15.1 Å². The van der Waals surface area contributed by atoms with Crippen molar-refractivity contribution >= 4 is 0 Å². The van der Waals surface area contributed by atoms with E-state index in [2.05, 4.69) is 29.2 Å². The Morgan fingerprint density at radius 3 is 2.90 bits per heavy atom. The molecule has 1 aliphatic carbocycles. The molecule has 0 aromatic carbocycles. The molecule has 2 fully saturated rings. The zero-order chi connectivity index (χ0) is 13.8.